The zero-order valence-electron chi connectivity index (χ0n) is 15.2. The number of thiophene rings is 1. The van der Waals surface area contributed by atoms with E-state index in [1.54, 1.807) is 23.5 Å². The van der Waals surface area contributed by atoms with Crippen molar-refractivity contribution >= 4 is 28.1 Å². The second-order valence-electron chi connectivity index (χ2n) is 6.46. The van der Waals surface area contributed by atoms with Crippen LogP contribution >= 0.6 is 11.3 Å². The van der Waals surface area contributed by atoms with Gasteiger partial charge in [0.05, 0.1) is 17.2 Å². The van der Waals surface area contributed by atoms with E-state index in [1.165, 1.54) is 10.9 Å². The molecule has 4 rings (SSSR count). The summed E-state index contributed by atoms with van der Waals surface area (Å²) in [6.07, 6.45) is 1.73. The summed E-state index contributed by atoms with van der Waals surface area (Å²) < 4.78 is 1.49. The molecule has 0 saturated heterocycles. The standard InChI is InChI=1S/C22H19N3O2S/c26-21(9-11-25-15-24-20-8-4-3-7-19(20)22(25)27)23-13-16-5-1-2-6-18(16)17-10-12-28-14-17/h1-8,10,12,14-15H,9,11,13H2,(H,23,26). The van der Waals surface area contributed by atoms with E-state index >= 15 is 0 Å². The number of aryl methyl sites for hydroxylation is 1. The molecule has 1 N–H and O–H groups in total. The second-order valence-corrected chi connectivity index (χ2v) is 7.24. The van der Waals surface area contributed by atoms with Crippen LogP contribution in [0.3, 0.4) is 0 Å². The maximum absolute atomic E-state index is 12.5. The third kappa shape index (κ3) is 3.87. The fraction of sp³-hybridized carbons (Fsp3) is 0.136. The van der Waals surface area contributed by atoms with Crippen LogP contribution in [0.2, 0.25) is 0 Å². The molecule has 28 heavy (non-hydrogen) atoms. The molecule has 6 heteroatoms. The molecule has 140 valence electrons. The summed E-state index contributed by atoms with van der Waals surface area (Å²) in [5, 5.41) is 7.66. The summed E-state index contributed by atoms with van der Waals surface area (Å²) in [6, 6.07) is 17.3. The molecule has 0 aliphatic carbocycles. The number of amides is 1. The van der Waals surface area contributed by atoms with Crippen molar-refractivity contribution < 1.29 is 4.79 Å². The van der Waals surface area contributed by atoms with Crippen molar-refractivity contribution in [2.24, 2.45) is 0 Å². The molecule has 0 bridgehead atoms. The Balaban J connectivity index is 1.40. The Morgan fingerprint density at radius 3 is 2.75 bits per heavy atom. The van der Waals surface area contributed by atoms with Crippen molar-refractivity contribution in [3.63, 3.8) is 0 Å². The molecule has 5 nitrogen and oxygen atoms in total. The zero-order chi connectivity index (χ0) is 19.3. The van der Waals surface area contributed by atoms with Gasteiger partial charge in [-0.1, -0.05) is 36.4 Å². The molecular formula is C22H19N3O2S. The Bertz CT molecular complexity index is 1170. The number of hydrogen-bond acceptors (Lipinski definition) is 4. The number of aromatic nitrogens is 2. The van der Waals surface area contributed by atoms with Crippen LogP contribution in [-0.2, 0) is 17.9 Å². The average Bonchev–Trinajstić information content (AvgIpc) is 3.27. The number of nitrogens with zero attached hydrogens (tertiary/aromatic N) is 2. The molecule has 0 aliphatic heterocycles. The van der Waals surface area contributed by atoms with Crippen molar-refractivity contribution in [2.75, 3.05) is 0 Å². The molecule has 0 radical (unpaired) electrons. The lowest BCUT2D eigenvalue weighted by Crippen LogP contribution is -2.27. The predicted octanol–water partition coefficient (Wildman–Crippen LogP) is 3.83. The number of rotatable bonds is 6. The van der Waals surface area contributed by atoms with E-state index in [9.17, 15) is 9.59 Å². The molecule has 2 aromatic carbocycles. The number of carbonyl (C=O) groups excluding carboxylic acids is 1. The van der Waals surface area contributed by atoms with Crippen molar-refractivity contribution in [1.29, 1.82) is 0 Å². The van der Waals surface area contributed by atoms with Crippen LogP contribution in [0.25, 0.3) is 22.0 Å². The van der Waals surface area contributed by atoms with E-state index in [0.717, 1.165) is 16.7 Å². The van der Waals surface area contributed by atoms with E-state index < -0.39 is 0 Å². The van der Waals surface area contributed by atoms with Gasteiger partial charge >= 0.3 is 0 Å². The summed E-state index contributed by atoms with van der Waals surface area (Å²) in [4.78, 5) is 29.1. The van der Waals surface area contributed by atoms with Gasteiger partial charge in [-0.2, -0.15) is 11.3 Å². The normalized spacial score (nSPS) is 10.9. The molecule has 4 aromatic rings. The van der Waals surface area contributed by atoms with E-state index in [-0.39, 0.29) is 17.9 Å². The quantitative estimate of drug-likeness (QED) is 0.545. The van der Waals surface area contributed by atoms with Gasteiger partial charge in [0.2, 0.25) is 5.91 Å². The Kier molecular flexibility index (Phi) is 5.30. The Hall–Kier alpha value is -3.25. The SMILES string of the molecule is O=C(CCn1cnc2ccccc2c1=O)NCc1ccccc1-c1ccsc1. The number of para-hydroxylation sites is 1. The minimum absolute atomic E-state index is 0.0971. The van der Waals surface area contributed by atoms with Crippen LogP contribution in [0.15, 0.2) is 76.5 Å². The van der Waals surface area contributed by atoms with Crippen molar-refractivity contribution in [3.05, 3.63) is 87.6 Å². The number of carbonyl (C=O) groups is 1. The Morgan fingerprint density at radius 1 is 1.07 bits per heavy atom. The molecule has 0 fully saturated rings. The molecule has 0 atom stereocenters. The number of benzene rings is 2. The highest BCUT2D eigenvalue weighted by molar-refractivity contribution is 7.08. The fourth-order valence-corrected chi connectivity index (χ4v) is 3.80. The van der Waals surface area contributed by atoms with Crippen LogP contribution in [0.1, 0.15) is 12.0 Å². The number of hydrogen-bond donors (Lipinski definition) is 1. The number of fused-ring (bicyclic) bond motifs is 1. The van der Waals surface area contributed by atoms with Crippen molar-refractivity contribution in [2.45, 2.75) is 19.5 Å². The lowest BCUT2D eigenvalue weighted by molar-refractivity contribution is -0.121. The van der Waals surface area contributed by atoms with Crippen LogP contribution in [-0.4, -0.2) is 15.5 Å². The molecular weight excluding hydrogens is 370 g/mol. The van der Waals surface area contributed by atoms with E-state index in [4.69, 9.17) is 0 Å². The minimum Gasteiger partial charge on any atom is -0.352 e. The molecule has 0 unspecified atom stereocenters. The first-order valence-electron chi connectivity index (χ1n) is 9.04. The maximum Gasteiger partial charge on any atom is 0.261 e. The Morgan fingerprint density at radius 2 is 1.89 bits per heavy atom. The van der Waals surface area contributed by atoms with Crippen LogP contribution < -0.4 is 10.9 Å². The van der Waals surface area contributed by atoms with Gasteiger partial charge < -0.3 is 5.32 Å². The van der Waals surface area contributed by atoms with Crippen LogP contribution in [0.4, 0.5) is 0 Å². The van der Waals surface area contributed by atoms with E-state index in [0.29, 0.717) is 24.0 Å². The monoisotopic (exact) mass is 389 g/mol. The molecule has 0 spiro atoms. The van der Waals surface area contributed by atoms with Gasteiger partial charge in [0, 0.05) is 19.5 Å². The van der Waals surface area contributed by atoms with Gasteiger partial charge in [0.25, 0.3) is 5.56 Å². The molecule has 0 aliphatic rings. The van der Waals surface area contributed by atoms with Crippen LogP contribution in [0.5, 0.6) is 0 Å². The van der Waals surface area contributed by atoms with Gasteiger partial charge in [-0.05, 0) is 45.6 Å². The largest absolute Gasteiger partial charge is 0.352 e. The van der Waals surface area contributed by atoms with Gasteiger partial charge in [0.15, 0.2) is 0 Å². The van der Waals surface area contributed by atoms with E-state index in [2.05, 4.69) is 27.8 Å². The summed E-state index contributed by atoms with van der Waals surface area (Å²) in [6.45, 7) is 0.754. The molecule has 2 heterocycles. The van der Waals surface area contributed by atoms with Crippen LogP contribution in [0, 0.1) is 0 Å². The summed E-state index contributed by atoms with van der Waals surface area (Å²) in [7, 11) is 0. The number of nitrogens with one attached hydrogen (secondary N) is 1. The minimum atomic E-state index is -0.124. The average molecular weight is 389 g/mol. The predicted molar refractivity (Wildman–Crippen MR) is 112 cm³/mol. The highest BCUT2D eigenvalue weighted by Gasteiger charge is 2.09. The first-order chi connectivity index (χ1) is 13.7. The van der Waals surface area contributed by atoms with Gasteiger partial charge in [-0.25, -0.2) is 4.98 Å². The molecule has 2 aromatic heterocycles. The highest BCUT2D eigenvalue weighted by atomic mass is 32.1. The lowest BCUT2D eigenvalue weighted by atomic mass is 10.0. The van der Waals surface area contributed by atoms with Gasteiger partial charge in [-0.3, -0.25) is 14.2 Å². The van der Waals surface area contributed by atoms with Crippen molar-refractivity contribution in [1.82, 2.24) is 14.9 Å². The Labute approximate surface area is 166 Å². The molecule has 1 amide bonds. The first kappa shape index (κ1) is 18.1. The van der Waals surface area contributed by atoms with E-state index in [1.807, 2.05) is 35.7 Å². The fourth-order valence-electron chi connectivity index (χ4n) is 3.14. The molecule has 0 saturated carbocycles. The second kappa shape index (κ2) is 8.19. The van der Waals surface area contributed by atoms with Crippen molar-refractivity contribution in [3.8, 4) is 11.1 Å². The summed E-state index contributed by atoms with van der Waals surface area (Å²) in [5.41, 5.74) is 3.89. The first-order valence-corrected chi connectivity index (χ1v) is 9.98. The zero-order valence-corrected chi connectivity index (χ0v) is 16.0. The van der Waals surface area contributed by atoms with Gasteiger partial charge in [0.1, 0.15) is 0 Å². The third-order valence-electron chi connectivity index (χ3n) is 4.64. The summed E-state index contributed by atoms with van der Waals surface area (Å²) in [5.74, 6) is -0.0971. The topological polar surface area (TPSA) is 64.0 Å². The highest BCUT2D eigenvalue weighted by Crippen LogP contribution is 2.25. The lowest BCUT2D eigenvalue weighted by Gasteiger charge is -2.10. The smallest absolute Gasteiger partial charge is 0.261 e. The summed E-state index contributed by atoms with van der Waals surface area (Å²) >= 11 is 1.65. The third-order valence-corrected chi connectivity index (χ3v) is 5.32. The van der Waals surface area contributed by atoms with Gasteiger partial charge in [-0.15, -0.1) is 0 Å². The maximum atomic E-state index is 12.5.